The van der Waals surface area contributed by atoms with E-state index >= 15 is 0 Å². The Morgan fingerprint density at radius 3 is 2.57 bits per heavy atom. The van der Waals surface area contributed by atoms with Crippen LogP contribution >= 0.6 is 11.6 Å². The highest BCUT2D eigenvalue weighted by atomic mass is 35.5. The zero-order valence-electron chi connectivity index (χ0n) is 14.2. The number of aliphatic imine (C=N–C) groups is 1. The number of Topliss-reactive ketones (excluding diaryl/α,β-unsaturated/α-hetero) is 1. The number of nitrogens with two attached hydrogens (primary N) is 1. The minimum absolute atomic E-state index is 0.0917. The quantitative estimate of drug-likeness (QED) is 0.147. The Hall–Kier alpha value is -3.01. The van der Waals surface area contributed by atoms with E-state index in [2.05, 4.69) is 9.98 Å². The van der Waals surface area contributed by atoms with Gasteiger partial charge in [-0.1, -0.05) is 11.6 Å². The van der Waals surface area contributed by atoms with Crippen molar-refractivity contribution >= 4 is 41.1 Å². The minimum Gasteiger partial charge on any atom is -0.465 e. The number of ether oxygens (including phenoxy) is 1. The molecule has 0 amide bonds. The summed E-state index contributed by atoms with van der Waals surface area (Å²) in [6, 6.07) is 1.28. The van der Waals surface area contributed by atoms with Crippen LogP contribution in [0.5, 0.6) is 0 Å². The van der Waals surface area contributed by atoms with Gasteiger partial charge in [-0.3, -0.25) is 14.6 Å². The van der Waals surface area contributed by atoms with Gasteiger partial charge in [-0.2, -0.15) is 0 Å². The summed E-state index contributed by atoms with van der Waals surface area (Å²) in [6.07, 6.45) is 1.44. The molecule has 2 rings (SSSR count). The fourth-order valence-corrected chi connectivity index (χ4v) is 2.28. The van der Waals surface area contributed by atoms with Crippen molar-refractivity contribution in [2.45, 2.75) is 6.92 Å². The first-order valence-corrected chi connectivity index (χ1v) is 8.04. The van der Waals surface area contributed by atoms with E-state index < -0.39 is 51.5 Å². The summed E-state index contributed by atoms with van der Waals surface area (Å²) in [4.78, 5) is 31.8. The second-order valence-corrected chi connectivity index (χ2v) is 5.66. The largest absolute Gasteiger partial charge is 0.465 e. The number of carbonyl (C=O) groups is 2. The summed E-state index contributed by atoms with van der Waals surface area (Å²) in [5.74, 6) is -10.2. The molecule has 0 aliphatic heterocycles. The molecule has 0 aliphatic carbocycles. The van der Waals surface area contributed by atoms with Crippen LogP contribution in [0, 0.1) is 29.2 Å². The van der Waals surface area contributed by atoms with Crippen molar-refractivity contribution in [2.24, 2.45) is 10.9 Å². The number of benzene rings is 1. The summed E-state index contributed by atoms with van der Waals surface area (Å²) in [5.41, 5.74) is 4.05. The molecule has 1 unspecified atom stereocenters. The molecule has 1 aromatic carbocycles. The average Bonchev–Trinajstić information content (AvgIpc) is 2.65. The number of nitrogen functional groups attached to an aromatic ring is 1. The molecule has 0 bridgehead atoms. The summed E-state index contributed by atoms with van der Waals surface area (Å²) in [6.45, 7) is 1.29. The number of halogens is 5. The van der Waals surface area contributed by atoms with Gasteiger partial charge in [0.25, 0.3) is 0 Å². The predicted octanol–water partition coefficient (Wildman–Crippen LogP) is 3.64. The number of anilines is 1. The Bertz CT molecular complexity index is 969. The van der Waals surface area contributed by atoms with Crippen molar-refractivity contribution in [1.29, 1.82) is 0 Å². The van der Waals surface area contributed by atoms with Crippen LogP contribution < -0.4 is 5.73 Å². The molecule has 0 aliphatic rings. The molecule has 11 heteroatoms. The zero-order chi connectivity index (χ0) is 21.0. The molecule has 148 valence electrons. The molecule has 0 saturated heterocycles. The summed E-state index contributed by atoms with van der Waals surface area (Å²) < 4.78 is 59.4. The van der Waals surface area contributed by atoms with Crippen molar-refractivity contribution in [3.63, 3.8) is 0 Å². The number of rotatable bonds is 6. The second-order valence-electron chi connectivity index (χ2n) is 5.28. The van der Waals surface area contributed by atoms with Crippen LogP contribution in [0.25, 0.3) is 0 Å². The molecular weight excluding hydrogens is 406 g/mol. The molecular formula is C17H12ClF4N3O3. The van der Waals surface area contributed by atoms with Crippen LogP contribution in [0.4, 0.5) is 29.1 Å². The van der Waals surface area contributed by atoms with Gasteiger partial charge in [0.05, 0.1) is 18.4 Å². The number of aromatic nitrogens is 1. The van der Waals surface area contributed by atoms with Crippen LogP contribution in [0.3, 0.4) is 0 Å². The molecule has 2 N–H and O–H groups in total. The number of hydrogen-bond donors (Lipinski definition) is 1. The lowest BCUT2D eigenvalue weighted by molar-refractivity contribution is -0.143. The van der Waals surface area contributed by atoms with E-state index in [9.17, 15) is 27.2 Å². The molecule has 1 atom stereocenters. The van der Waals surface area contributed by atoms with Gasteiger partial charge in [0, 0.05) is 12.3 Å². The first kappa shape index (κ1) is 21.3. The van der Waals surface area contributed by atoms with E-state index in [1.807, 2.05) is 0 Å². The molecule has 0 fully saturated rings. The van der Waals surface area contributed by atoms with E-state index in [4.69, 9.17) is 22.1 Å². The second kappa shape index (κ2) is 8.79. The first-order chi connectivity index (χ1) is 13.2. The third-order valence-electron chi connectivity index (χ3n) is 3.41. The lowest BCUT2D eigenvalue weighted by Gasteiger charge is -2.12. The third kappa shape index (κ3) is 4.45. The topological polar surface area (TPSA) is 94.6 Å². The molecule has 28 heavy (non-hydrogen) atoms. The van der Waals surface area contributed by atoms with Crippen molar-refractivity contribution < 1.29 is 31.9 Å². The highest BCUT2D eigenvalue weighted by Gasteiger charge is 2.32. The van der Waals surface area contributed by atoms with Crippen LogP contribution in [0.2, 0.25) is 5.02 Å². The fraction of sp³-hybridized carbons (Fsp3) is 0.176. The van der Waals surface area contributed by atoms with Crippen molar-refractivity contribution in [2.75, 3.05) is 12.3 Å². The lowest BCUT2D eigenvalue weighted by atomic mass is 9.97. The maximum Gasteiger partial charge on any atom is 0.322 e. The Kier molecular flexibility index (Phi) is 6.68. The van der Waals surface area contributed by atoms with Gasteiger partial charge in [0.2, 0.25) is 0 Å². The standard InChI is InChI=1S/C17H12ClF4N3O3/c1-2-28-17(27)8(5-24-11-4-12(23)25-6-10(11)20)16(26)7-3-9(19)15(22)13(18)14(7)21/h3-6,8H,2H2,1H3,(H2,23,25). The van der Waals surface area contributed by atoms with Gasteiger partial charge in [-0.05, 0) is 13.0 Å². The van der Waals surface area contributed by atoms with E-state index in [-0.39, 0.29) is 24.2 Å². The van der Waals surface area contributed by atoms with E-state index in [0.717, 1.165) is 12.3 Å². The third-order valence-corrected chi connectivity index (χ3v) is 3.74. The van der Waals surface area contributed by atoms with Crippen molar-refractivity contribution in [3.8, 4) is 0 Å². The van der Waals surface area contributed by atoms with Gasteiger partial charge in [-0.15, -0.1) is 0 Å². The summed E-state index contributed by atoms with van der Waals surface area (Å²) in [7, 11) is 0. The van der Waals surface area contributed by atoms with Crippen molar-refractivity contribution in [3.05, 3.63) is 52.2 Å². The fourth-order valence-electron chi connectivity index (χ4n) is 2.08. The van der Waals surface area contributed by atoms with Crippen LogP contribution in [-0.2, 0) is 9.53 Å². The highest BCUT2D eigenvalue weighted by Crippen LogP contribution is 2.27. The molecule has 0 saturated carbocycles. The predicted molar refractivity (Wildman–Crippen MR) is 92.5 cm³/mol. The Morgan fingerprint density at radius 2 is 1.93 bits per heavy atom. The van der Waals surface area contributed by atoms with E-state index in [1.165, 1.54) is 6.92 Å². The van der Waals surface area contributed by atoms with Gasteiger partial charge in [0.1, 0.15) is 16.5 Å². The Balaban J connectivity index is 2.49. The molecule has 6 nitrogen and oxygen atoms in total. The maximum atomic E-state index is 14.1. The number of nitrogens with zero attached hydrogens (tertiary/aromatic N) is 2. The maximum absolute atomic E-state index is 14.1. The molecule has 0 radical (unpaired) electrons. The average molecular weight is 418 g/mol. The van der Waals surface area contributed by atoms with Gasteiger partial charge >= 0.3 is 5.97 Å². The smallest absolute Gasteiger partial charge is 0.322 e. The van der Waals surface area contributed by atoms with Crippen LogP contribution in [0.15, 0.2) is 23.3 Å². The van der Waals surface area contributed by atoms with Crippen molar-refractivity contribution in [1.82, 2.24) is 4.98 Å². The minimum atomic E-state index is -1.89. The lowest BCUT2D eigenvalue weighted by Crippen LogP contribution is -2.28. The van der Waals surface area contributed by atoms with Gasteiger partial charge in [0.15, 0.2) is 35.0 Å². The number of pyridine rings is 1. The number of esters is 1. The number of ketones is 1. The van der Waals surface area contributed by atoms with Gasteiger partial charge in [-0.25, -0.2) is 22.5 Å². The van der Waals surface area contributed by atoms with Crippen LogP contribution in [-0.4, -0.2) is 29.6 Å². The van der Waals surface area contributed by atoms with Gasteiger partial charge < -0.3 is 10.5 Å². The van der Waals surface area contributed by atoms with E-state index in [0.29, 0.717) is 6.21 Å². The SMILES string of the molecule is CCOC(=O)C(C=Nc1cc(N)ncc1F)C(=O)c1cc(F)c(F)c(Cl)c1F. The first-order valence-electron chi connectivity index (χ1n) is 7.66. The Morgan fingerprint density at radius 1 is 1.25 bits per heavy atom. The summed E-state index contributed by atoms with van der Waals surface area (Å²) >= 11 is 5.33. The number of hydrogen-bond acceptors (Lipinski definition) is 6. The van der Waals surface area contributed by atoms with E-state index in [1.54, 1.807) is 0 Å². The number of carbonyl (C=O) groups excluding carboxylic acids is 2. The Labute approximate surface area is 161 Å². The zero-order valence-corrected chi connectivity index (χ0v) is 14.9. The molecule has 1 heterocycles. The van der Waals surface area contributed by atoms with Crippen LogP contribution in [0.1, 0.15) is 17.3 Å². The normalized spacial score (nSPS) is 12.2. The highest BCUT2D eigenvalue weighted by molar-refractivity contribution is 6.31. The summed E-state index contributed by atoms with van der Waals surface area (Å²) in [5, 5.41) is -1.25. The monoisotopic (exact) mass is 417 g/mol. The molecule has 2 aromatic rings. The molecule has 1 aromatic heterocycles. The molecule has 0 spiro atoms.